The Morgan fingerprint density at radius 1 is 0.895 bits per heavy atom. The second-order valence-corrected chi connectivity index (χ2v) is 9.74. The summed E-state index contributed by atoms with van der Waals surface area (Å²) >= 11 is 0. The topological polar surface area (TPSA) is 0 Å². The van der Waals surface area contributed by atoms with Gasteiger partial charge in [-0.05, 0) is 39.0 Å². The molecule has 1 aliphatic carbocycles. The van der Waals surface area contributed by atoms with Crippen LogP contribution in [0.1, 0.15) is 0 Å². The maximum absolute atomic E-state index is 2.36. The summed E-state index contributed by atoms with van der Waals surface area (Å²) in [7, 11) is 0.766. The Hall–Kier alpha value is 0.339. The van der Waals surface area contributed by atoms with E-state index in [0.717, 1.165) is 0 Å². The van der Waals surface area contributed by atoms with Gasteiger partial charge < -0.3 is 0 Å². The van der Waals surface area contributed by atoms with Crippen LogP contribution < -0.4 is 0 Å². The van der Waals surface area contributed by atoms with Crippen LogP contribution in [0.25, 0.3) is 0 Å². The number of rotatable bonds is 3. The van der Waals surface area contributed by atoms with Gasteiger partial charge in [0.2, 0.25) is 0 Å². The van der Waals surface area contributed by atoms with Crippen LogP contribution in [0.15, 0.2) is 42.5 Å². The molecule has 0 bridgehead atoms. The predicted molar refractivity (Wildman–Crippen MR) is 91.3 cm³/mol. The summed E-state index contributed by atoms with van der Waals surface area (Å²) in [6.45, 7) is 9.42. The molecule has 0 spiro atoms. The molecule has 0 aliphatic heterocycles. The number of allylic oxidation sites excluding steroid dienone is 2. The number of hydrogen-bond donors (Lipinski definition) is 0. The monoisotopic (exact) mass is 335 g/mol. The van der Waals surface area contributed by atoms with E-state index in [9.17, 15) is 0 Å². The van der Waals surface area contributed by atoms with E-state index in [1.807, 2.05) is 61.7 Å². The summed E-state index contributed by atoms with van der Waals surface area (Å²) in [5.41, 5.74) is 0. The van der Waals surface area contributed by atoms with E-state index in [0.29, 0.717) is 15.8 Å². The largest absolute Gasteiger partial charge is 2.00 e. The van der Waals surface area contributed by atoms with Crippen molar-refractivity contribution >= 4 is 15.8 Å². The van der Waals surface area contributed by atoms with E-state index >= 15 is 0 Å². The van der Waals surface area contributed by atoms with Gasteiger partial charge in [-0.15, -0.1) is 28.7 Å². The van der Waals surface area contributed by atoms with Gasteiger partial charge in [0, 0.05) is 0 Å². The average Bonchev–Trinajstić information content (AvgIpc) is 3.03. The summed E-state index contributed by atoms with van der Waals surface area (Å²) in [4.78, 5) is 0. The SMILES string of the molecule is CP(C)CCP(C)C.[CH]1[CH][CH-]C=C1.[Mn+2].c1cc[cH-]c1. The van der Waals surface area contributed by atoms with Gasteiger partial charge in [0.25, 0.3) is 0 Å². The second kappa shape index (κ2) is 16.4. The van der Waals surface area contributed by atoms with E-state index < -0.39 is 0 Å². The maximum Gasteiger partial charge on any atom is 2.00 e. The Balaban J connectivity index is 0. The molecule has 0 aromatic heterocycles. The van der Waals surface area contributed by atoms with Gasteiger partial charge in [0.1, 0.15) is 0 Å². The van der Waals surface area contributed by atoms with Crippen LogP contribution in [0, 0.1) is 19.3 Å². The minimum Gasteiger partial charge on any atom is -0.231 e. The fraction of sp³-hybridized carbons (Fsp3) is 0.375. The molecule has 0 heterocycles. The van der Waals surface area contributed by atoms with E-state index in [-0.39, 0.29) is 17.1 Å². The first-order valence-electron chi connectivity index (χ1n) is 6.25. The van der Waals surface area contributed by atoms with Crippen molar-refractivity contribution in [3.63, 3.8) is 0 Å². The summed E-state index contributed by atoms with van der Waals surface area (Å²) in [5, 5.41) is 0. The Morgan fingerprint density at radius 3 is 1.58 bits per heavy atom. The summed E-state index contributed by atoms with van der Waals surface area (Å²) in [6, 6.07) is 10.0. The summed E-state index contributed by atoms with van der Waals surface area (Å²) in [6.07, 6.45) is 13.0. The normalized spacial score (nSPS) is 11.9. The van der Waals surface area contributed by atoms with Crippen molar-refractivity contribution in [2.75, 3.05) is 39.0 Å². The standard InChI is InChI=1S/C6H16P2.2C5H5.Mn/c1-7(2)5-6-8(3)4;2*1-2-4-5-3-1;/h5-6H2,1-4H3;2*1-5H;/q;2*-1;+2. The molecule has 2 rings (SSSR count). The van der Waals surface area contributed by atoms with Crippen molar-refractivity contribution in [2.24, 2.45) is 0 Å². The Kier molecular flexibility index (Phi) is 18.7. The van der Waals surface area contributed by atoms with E-state index in [1.54, 1.807) is 0 Å². The van der Waals surface area contributed by atoms with Crippen LogP contribution in [0.5, 0.6) is 0 Å². The quantitative estimate of drug-likeness (QED) is 0.412. The average molecular weight is 335 g/mol. The molecule has 0 saturated carbocycles. The predicted octanol–water partition coefficient (Wildman–Crippen LogP) is 5.04. The summed E-state index contributed by atoms with van der Waals surface area (Å²) < 4.78 is 0. The second-order valence-electron chi connectivity index (χ2n) is 4.53. The molecule has 3 heteroatoms. The Morgan fingerprint density at radius 2 is 1.42 bits per heavy atom. The van der Waals surface area contributed by atoms with E-state index in [1.165, 1.54) is 12.3 Å². The third kappa shape index (κ3) is 20.8. The maximum atomic E-state index is 2.36. The van der Waals surface area contributed by atoms with Gasteiger partial charge in [-0.1, -0.05) is 0 Å². The molecule has 0 unspecified atom stereocenters. The molecule has 0 atom stereocenters. The molecule has 0 amide bonds. The summed E-state index contributed by atoms with van der Waals surface area (Å²) in [5.74, 6) is 0. The van der Waals surface area contributed by atoms with Crippen LogP contribution >= 0.6 is 15.8 Å². The van der Waals surface area contributed by atoms with Crippen molar-refractivity contribution in [3.8, 4) is 0 Å². The van der Waals surface area contributed by atoms with Gasteiger partial charge in [0.15, 0.2) is 0 Å². The zero-order valence-electron chi connectivity index (χ0n) is 12.5. The van der Waals surface area contributed by atoms with Crippen molar-refractivity contribution in [2.45, 2.75) is 0 Å². The van der Waals surface area contributed by atoms with Crippen molar-refractivity contribution in [1.29, 1.82) is 0 Å². The zero-order valence-corrected chi connectivity index (χ0v) is 15.4. The minimum atomic E-state index is 0. The molecule has 1 aliphatic rings. The molecule has 0 fully saturated rings. The smallest absolute Gasteiger partial charge is 0.231 e. The Bertz CT molecular complexity index is 235. The molecular formula is C16H26MnP2. The molecule has 1 aromatic carbocycles. The first-order chi connectivity index (χ1) is 8.63. The molecular weight excluding hydrogens is 309 g/mol. The van der Waals surface area contributed by atoms with Gasteiger partial charge in [-0.25, -0.2) is 30.7 Å². The first-order valence-corrected chi connectivity index (χ1v) is 11.1. The van der Waals surface area contributed by atoms with E-state index in [2.05, 4.69) is 26.7 Å². The van der Waals surface area contributed by atoms with Crippen molar-refractivity contribution in [3.05, 3.63) is 61.7 Å². The van der Waals surface area contributed by atoms with Gasteiger partial charge >= 0.3 is 17.1 Å². The first kappa shape index (κ1) is 21.6. The molecule has 0 N–H and O–H groups in total. The van der Waals surface area contributed by atoms with Crippen LogP contribution in [-0.2, 0) is 17.1 Å². The Labute approximate surface area is 133 Å². The van der Waals surface area contributed by atoms with Crippen LogP contribution in [0.2, 0.25) is 0 Å². The van der Waals surface area contributed by atoms with Crippen LogP contribution in [-0.4, -0.2) is 39.0 Å². The van der Waals surface area contributed by atoms with Gasteiger partial charge in [0.05, 0.1) is 0 Å². The fourth-order valence-corrected chi connectivity index (χ4v) is 4.24. The van der Waals surface area contributed by atoms with Crippen LogP contribution in [0.4, 0.5) is 0 Å². The molecule has 3 radical (unpaired) electrons. The van der Waals surface area contributed by atoms with Crippen molar-refractivity contribution < 1.29 is 17.1 Å². The van der Waals surface area contributed by atoms with Crippen LogP contribution in [0.3, 0.4) is 0 Å². The fourth-order valence-electron chi connectivity index (χ4n) is 1.04. The third-order valence-electron chi connectivity index (χ3n) is 2.11. The minimum absolute atomic E-state index is 0. The molecule has 19 heavy (non-hydrogen) atoms. The number of hydrogen-bond acceptors (Lipinski definition) is 0. The van der Waals surface area contributed by atoms with Gasteiger partial charge in [-0.2, -0.15) is 18.2 Å². The molecule has 0 nitrogen and oxygen atoms in total. The molecule has 1 aromatic rings. The molecule has 107 valence electrons. The van der Waals surface area contributed by atoms with Gasteiger partial charge in [-0.3, -0.25) is 0 Å². The third-order valence-corrected chi connectivity index (χ3v) is 4.69. The zero-order chi connectivity index (χ0) is 13.6. The van der Waals surface area contributed by atoms with Crippen molar-refractivity contribution in [1.82, 2.24) is 0 Å². The molecule has 0 saturated heterocycles. The van der Waals surface area contributed by atoms with E-state index in [4.69, 9.17) is 0 Å².